The van der Waals surface area contributed by atoms with Crippen LogP contribution in [0.2, 0.25) is 0 Å². The zero-order valence-corrected chi connectivity index (χ0v) is 22.5. The summed E-state index contributed by atoms with van der Waals surface area (Å²) in [5, 5.41) is 12.1. The van der Waals surface area contributed by atoms with Crippen molar-refractivity contribution in [1.29, 1.82) is 5.26 Å². The van der Waals surface area contributed by atoms with Crippen molar-refractivity contribution in [2.45, 2.75) is 62.8 Å². The number of benzene rings is 2. The van der Waals surface area contributed by atoms with E-state index >= 15 is 0 Å². The highest BCUT2D eigenvalue weighted by molar-refractivity contribution is 6.07. The standard InChI is InChI=1S/C30H28F3N5O4/c31-30(32,33)19-3-1-4-21(13-19)38-23-5-2-6-25(40)27(23)28(18-9-7-17(15-34)8-10-18)37(29(38)42)16-26(41)36-20-11-12-24(39)22(35)14-20/h1,3-4,7-10,13,20,22,28H,2,5-6,11-12,14,16,35H2,(H,36,41)/t20-,22?,28?/m0/s1. The fourth-order valence-corrected chi connectivity index (χ4v) is 5.85. The van der Waals surface area contributed by atoms with Gasteiger partial charge in [-0.25, -0.2) is 4.79 Å². The first-order valence-corrected chi connectivity index (χ1v) is 13.6. The van der Waals surface area contributed by atoms with Crippen molar-refractivity contribution in [1.82, 2.24) is 10.2 Å². The number of allylic oxidation sites excluding steroid dienone is 1. The maximum absolute atomic E-state index is 14.2. The number of anilines is 1. The second-order valence-electron chi connectivity index (χ2n) is 10.7. The van der Waals surface area contributed by atoms with Gasteiger partial charge < -0.3 is 16.0 Å². The van der Waals surface area contributed by atoms with E-state index < -0.39 is 48.3 Å². The van der Waals surface area contributed by atoms with Gasteiger partial charge in [0, 0.05) is 30.2 Å². The summed E-state index contributed by atoms with van der Waals surface area (Å²) in [4.78, 5) is 55.1. The Hall–Kier alpha value is -4.50. The second kappa shape index (κ2) is 11.4. The number of nitrogens with two attached hydrogens (primary N) is 1. The molecule has 5 rings (SSSR count). The monoisotopic (exact) mass is 579 g/mol. The summed E-state index contributed by atoms with van der Waals surface area (Å²) < 4.78 is 40.8. The molecule has 1 aliphatic heterocycles. The lowest BCUT2D eigenvalue weighted by Gasteiger charge is -2.45. The van der Waals surface area contributed by atoms with Gasteiger partial charge in [0.05, 0.1) is 35.0 Å². The number of amides is 3. The molecule has 3 amide bonds. The van der Waals surface area contributed by atoms with Gasteiger partial charge in [-0.2, -0.15) is 18.4 Å². The van der Waals surface area contributed by atoms with Crippen LogP contribution in [0.4, 0.5) is 23.7 Å². The van der Waals surface area contributed by atoms with Gasteiger partial charge in [0.2, 0.25) is 5.91 Å². The van der Waals surface area contributed by atoms with E-state index in [1.165, 1.54) is 29.2 Å². The zero-order chi connectivity index (χ0) is 30.2. The molecule has 9 nitrogen and oxygen atoms in total. The zero-order valence-electron chi connectivity index (χ0n) is 22.5. The van der Waals surface area contributed by atoms with E-state index in [9.17, 15) is 37.6 Å². The third-order valence-corrected chi connectivity index (χ3v) is 7.88. The molecule has 0 radical (unpaired) electrons. The molecular weight excluding hydrogens is 551 g/mol. The molecule has 0 saturated heterocycles. The average molecular weight is 580 g/mol. The normalized spacial score (nSPS) is 23.0. The molecule has 3 aliphatic rings. The minimum absolute atomic E-state index is 0.0718. The summed E-state index contributed by atoms with van der Waals surface area (Å²) in [6, 6.07) is 9.69. The fraction of sp³-hybridized carbons (Fsp3) is 0.367. The number of hydrogen-bond acceptors (Lipinski definition) is 6. The van der Waals surface area contributed by atoms with Gasteiger partial charge in [0.15, 0.2) is 5.78 Å². The molecule has 218 valence electrons. The summed E-state index contributed by atoms with van der Waals surface area (Å²) in [5.74, 6) is -0.943. The van der Waals surface area contributed by atoms with Crippen molar-refractivity contribution in [2.24, 2.45) is 5.73 Å². The summed E-state index contributed by atoms with van der Waals surface area (Å²) in [6.07, 6.45) is -3.00. The first kappa shape index (κ1) is 29.0. The molecule has 2 aliphatic carbocycles. The predicted molar refractivity (Wildman–Crippen MR) is 145 cm³/mol. The molecule has 3 atom stereocenters. The topological polar surface area (TPSA) is 137 Å². The van der Waals surface area contributed by atoms with Crippen LogP contribution in [0.5, 0.6) is 0 Å². The van der Waals surface area contributed by atoms with E-state index in [1.54, 1.807) is 12.1 Å². The van der Waals surface area contributed by atoms with Crippen molar-refractivity contribution in [3.05, 3.63) is 76.5 Å². The fourth-order valence-electron chi connectivity index (χ4n) is 5.85. The highest BCUT2D eigenvalue weighted by Crippen LogP contribution is 2.44. The van der Waals surface area contributed by atoms with Gasteiger partial charge in [-0.1, -0.05) is 18.2 Å². The Balaban J connectivity index is 1.58. The number of ketones is 2. The van der Waals surface area contributed by atoms with Gasteiger partial charge in [0.1, 0.15) is 12.3 Å². The molecule has 2 aromatic carbocycles. The SMILES string of the molecule is N#Cc1ccc(C2C3=C(CCCC3=O)N(c3cccc(C(F)(F)F)c3)C(=O)N2CC(=O)N[C@H]2CCC(=O)C(N)C2)cc1. The maximum Gasteiger partial charge on any atom is 0.416 e. The number of nitrogens with zero attached hydrogens (tertiary/aromatic N) is 3. The Kier molecular flexibility index (Phi) is 7.88. The van der Waals surface area contributed by atoms with Crippen LogP contribution >= 0.6 is 0 Å². The Labute approximate surface area is 239 Å². The molecule has 0 aromatic heterocycles. The number of carbonyl (C=O) groups is 4. The first-order valence-electron chi connectivity index (χ1n) is 13.6. The molecule has 2 aromatic rings. The molecule has 0 spiro atoms. The smallest absolute Gasteiger partial charge is 0.352 e. The van der Waals surface area contributed by atoms with E-state index in [-0.39, 0.29) is 48.5 Å². The number of Topliss-reactive ketones (excluding diaryl/α,β-unsaturated/α-hetero) is 2. The number of rotatable bonds is 5. The van der Waals surface area contributed by atoms with Crippen molar-refractivity contribution in [2.75, 3.05) is 11.4 Å². The molecule has 42 heavy (non-hydrogen) atoms. The number of nitriles is 1. The van der Waals surface area contributed by atoms with E-state index in [1.807, 2.05) is 6.07 Å². The number of carbonyl (C=O) groups excluding carboxylic acids is 4. The summed E-state index contributed by atoms with van der Waals surface area (Å²) in [5.41, 5.74) is 6.18. The first-order chi connectivity index (χ1) is 20.0. The minimum atomic E-state index is -4.67. The van der Waals surface area contributed by atoms with Crippen LogP contribution in [-0.4, -0.2) is 47.0 Å². The third kappa shape index (κ3) is 5.65. The molecule has 12 heteroatoms. The predicted octanol–water partition coefficient (Wildman–Crippen LogP) is 4.13. The van der Waals surface area contributed by atoms with Crippen LogP contribution in [-0.2, 0) is 20.6 Å². The second-order valence-corrected chi connectivity index (χ2v) is 10.7. The molecule has 0 bridgehead atoms. The van der Waals surface area contributed by atoms with E-state index in [0.29, 0.717) is 29.7 Å². The largest absolute Gasteiger partial charge is 0.416 e. The number of nitrogens with one attached hydrogen (secondary N) is 1. The Morgan fingerprint density at radius 2 is 1.81 bits per heavy atom. The van der Waals surface area contributed by atoms with Gasteiger partial charge in [-0.15, -0.1) is 0 Å². The maximum atomic E-state index is 14.2. The van der Waals surface area contributed by atoms with Crippen molar-refractivity contribution in [3.8, 4) is 6.07 Å². The molecular formula is C30H28F3N5O4. The summed E-state index contributed by atoms with van der Waals surface area (Å²) in [6.45, 7) is -0.511. The Morgan fingerprint density at radius 3 is 2.48 bits per heavy atom. The van der Waals surface area contributed by atoms with Crippen LogP contribution < -0.4 is 16.0 Å². The van der Waals surface area contributed by atoms with Gasteiger partial charge in [-0.05, 0) is 61.6 Å². The minimum Gasteiger partial charge on any atom is -0.352 e. The molecule has 3 N–H and O–H groups in total. The molecule has 1 fully saturated rings. The average Bonchev–Trinajstić information content (AvgIpc) is 2.95. The lowest BCUT2D eigenvalue weighted by molar-refractivity contribution is -0.137. The summed E-state index contributed by atoms with van der Waals surface area (Å²) in [7, 11) is 0. The Morgan fingerprint density at radius 1 is 1.07 bits per heavy atom. The number of urea groups is 1. The highest BCUT2D eigenvalue weighted by Gasteiger charge is 2.45. The number of hydrogen-bond donors (Lipinski definition) is 2. The van der Waals surface area contributed by atoms with Crippen molar-refractivity contribution >= 4 is 29.2 Å². The van der Waals surface area contributed by atoms with E-state index in [2.05, 4.69) is 5.32 Å². The lowest BCUT2D eigenvalue weighted by Crippen LogP contribution is -2.55. The van der Waals surface area contributed by atoms with Crippen LogP contribution in [0, 0.1) is 11.3 Å². The van der Waals surface area contributed by atoms with Gasteiger partial charge in [0.25, 0.3) is 0 Å². The van der Waals surface area contributed by atoms with Gasteiger partial charge in [-0.3, -0.25) is 19.3 Å². The summed E-state index contributed by atoms with van der Waals surface area (Å²) >= 11 is 0. The quantitative estimate of drug-likeness (QED) is 0.547. The number of halogens is 3. The van der Waals surface area contributed by atoms with Gasteiger partial charge >= 0.3 is 12.2 Å². The highest BCUT2D eigenvalue weighted by atomic mass is 19.4. The molecule has 2 unspecified atom stereocenters. The van der Waals surface area contributed by atoms with Crippen molar-refractivity contribution in [3.63, 3.8) is 0 Å². The Bertz CT molecular complexity index is 1510. The van der Waals surface area contributed by atoms with Crippen LogP contribution in [0.3, 0.4) is 0 Å². The van der Waals surface area contributed by atoms with Crippen LogP contribution in [0.15, 0.2) is 59.8 Å². The third-order valence-electron chi connectivity index (χ3n) is 7.88. The van der Waals surface area contributed by atoms with Crippen molar-refractivity contribution < 1.29 is 32.3 Å². The van der Waals surface area contributed by atoms with E-state index in [0.717, 1.165) is 17.0 Å². The van der Waals surface area contributed by atoms with Crippen LogP contribution in [0.25, 0.3) is 0 Å². The lowest BCUT2D eigenvalue weighted by atomic mass is 9.83. The van der Waals surface area contributed by atoms with Crippen LogP contribution in [0.1, 0.15) is 61.3 Å². The number of alkyl halides is 3. The van der Waals surface area contributed by atoms with E-state index in [4.69, 9.17) is 5.73 Å². The molecule has 1 heterocycles. The molecule has 1 saturated carbocycles.